The maximum Gasteiger partial charge on any atom is 0.191 e. The Hall–Kier alpha value is -3.09. The number of hydrogen-bond donors (Lipinski definition) is 2. The van der Waals surface area contributed by atoms with E-state index in [2.05, 4.69) is 64.9 Å². The van der Waals surface area contributed by atoms with Crippen LogP contribution in [0.25, 0.3) is 5.69 Å². The summed E-state index contributed by atoms with van der Waals surface area (Å²) in [6.07, 6.45) is 2.13. The van der Waals surface area contributed by atoms with Crippen LogP contribution >= 0.6 is 0 Å². The molecule has 0 radical (unpaired) electrons. The molecule has 1 aromatic carbocycles. The Bertz CT molecular complexity index is 983. The zero-order chi connectivity index (χ0) is 21.5. The van der Waals surface area contributed by atoms with Crippen LogP contribution in [0.4, 0.5) is 0 Å². The predicted octanol–water partition coefficient (Wildman–Crippen LogP) is 4.25. The molecule has 0 aliphatic carbocycles. The van der Waals surface area contributed by atoms with E-state index in [0.717, 1.165) is 46.9 Å². The summed E-state index contributed by atoms with van der Waals surface area (Å²) in [5.74, 6) is 1.97. The fourth-order valence-electron chi connectivity index (χ4n) is 3.62. The second kappa shape index (κ2) is 10.1. The van der Waals surface area contributed by atoms with E-state index >= 15 is 0 Å². The van der Waals surface area contributed by atoms with Crippen molar-refractivity contribution in [3.05, 3.63) is 64.8 Å². The number of hydrogen-bond acceptors (Lipinski definition) is 4. The molecule has 0 bridgehead atoms. The van der Waals surface area contributed by atoms with Gasteiger partial charge in [-0.05, 0) is 44.4 Å². The summed E-state index contributed by atoms with van der Waals surface area (Å²) < 4.78 is 7.48. The van der Waals surface area contributed by atoms with Gasteiger partial charge in [0.05, 0.1) is 23.6 Å². The number of guanidine groups is 1. The molecule has 0 saturated heterocycles. The highest BCUT2D eigenvalue weighted by Gasteiger charge is 2.13. The van der Waals surface area contributed by atoms with Gasteiger partial charge in [0.25, 0.3) is 0 Å². The van der Waals surface area contributed by atoms with E-state index in [-0.39, 0.29) is 0 Å². The summed E-state index contributed by atoms with van der Waals surface area (Å²) in [6.45, 7) is 9.59. The number of nitrogens with zero attached hydrogens (tertiary/aromatic N) is 4. The lowest BCUT2D eigenvalue weighted by molar-refractivity contribution is 0.368. The largest absolute Gasteiger partial charge is 0.359 e. The van der Waals surface area contributed by atoms with Crippen LogP contribution in [0, 0.1) is 13.8 Å². The van der Waals surface area contributed by atoms with Crippen LogP contribution in [0.1, 0.15) is 61.0 Å². The zero-order valence-corrected chi connectivity index (χ0v) is 18.6. The van der Waals surface area contributed by atoms with Gasteiger partial charge in [0.1, 0.15) is 0 Å². The number of nitrogens with one attached hydrogen (secondary N) is 2. The molecule has 3 rings (SSSR count). The molecule has 3 aromatic rings. The molecule has 0 aliphatic heterocycles. The fraction of sp³-hybridized carbons (Fsp3) is 0.435. The third-order valence-corrected chi connectivity index (χ3v) is 5.31. The van der Waals surface area contributed by atoms with Crippen molar-refractivity contribution in [3.63, 3.8) is 0 Å². The molecule has 2 aromatic heterocycles. The number of para-hydroxylation sites is 1. The minimum absolute atomic E-state index is 0.450. The summed E-state index contributed by atoms with van der Waals surface area (Å²) in [6, 6.07) is 12.4. The standard InChI is InChI=1S/C23H32N6O/c1-6-18(7-2)21-13-20(30-28-21)15-26-23(24-5)25-14-19-10-8-9-11-22(19)29-17(4)12-16(3)27-29/h8-13,18H,6-7,14-15H2,1-5H3,(H2,24,25,26). The maximum absolute atomic E-state index is 5.49. The predicted molar refractivity (Wildman–Crippen MR) is 120 cm³/mol. The van der Waals surface area contributed by atoms with Gasteiger partial charge in [-0.3, -0.25) is 4.99 Å². The second-order valence-corrected chi connectivity index (χ2v) is 7.48. The Morgan fingerprint density at radius 2 is 1.83 bits per heavy atom. The highest BCUT2D eigenvalue weighted by atomic mass is 16.5. The van der Waals surface area contributed by atoms with Gasteiger partial charge < -0.3 is 15.2 Å². The van der Waals surface area contributed by atoms with Crippen molar-refractivity contribution in [2.45, 2.75) is 59.5 Å². The Morgan fingerprint density at radius 3 is 2.50 bits per heavy atom. The molecular formula is C23H32N6O. The number of benzene rings is 1. The smallest absolute Gasteiger partial charge is 0.191 e. The Morgan fingerprint density at radius 1 is 1.10 bits per heavy atom. The molecule has 160 valence electrons. The van der Waals surface area contributed by atoms with Crippen molar-refractivity contribution in [2.75, 3.05) is 7.05 Å². The van der Waals surface area contributed by atoms with E-state index in [4.69, 9.17) is 4.52 Å². The quantitative estimate of drug-likeness (QED) is 0.430. The van der Waals surface area contributed by atoms with E-state index in [1.807, 2.05) is 29.8 Å². The van der Waals surface area contributed by atoms with Crippen LogP contribution in [-0.4, -0.2) is 27.9 Å². The van der Waals surface area contributed by atoms with Crippen molar-refractivity contribution in [2.24, 2.45) is 4.99 Å². The van der Waals surface area contributed by atoms with Crippen molar-refractivity contribution in [3.8, 4) is 5.69 Å². The molecule has 2 N–H and O–H groups in total. The molecule has 0 saturated carbocycles. The monoisotopic (exact) mass is 408 g/mol. The van der Waals surface area contributed by atoms with Crippen molar-refractivity contribution < 1.29 is 4.52 Å². The summed E-state index contributed by atoms with van der Waals surface area (Å²) in [5.41, 5.74) is 5.35. The lowest BCUT2D eigenvalue weighted by Crippen LogP contribution is -2.36. The van der Waals surface area contributed by atoms with E-state index in [1.165, 1.54) is 0 Å². The van der Waals surface area contributed by atoms with Crippen molar-refractivity contribution in [1.29, 1.82) is 0 Å². The molecule has 0 aliphatic rings. The van der Waals surface area contributed by atoms with Gasteiger partial charge in [0.15, 0.2) is 11.7 Å². The van der Waals surface area contributed by atoms with Crippen molar-refractivity contribution >= 4 is 5.96 Å². The van der Waals surface area contributed by atoms with Gasteiger partial charge in [0.2, 0.25) is 0 Å². The van der Waals surface area contributed by atoms with Gasteiger partial charge in [-0.15, -0.1) is 0 Å². The summed E-state index contributed by atoms with van der Waals surface area (Å²) in [5, 5.41) is 15.5. The molecule has 0 spiro atoms. The first-order valence-electron chi connectivity index (χ1n) is 10.6. The van der Waals surface area contributed by atoms with Gasteiger partial charge in [0, 0.05) is 31.3 Å². The summed E-state index contributed by atoms with van der Waals surface area (Å²) in [4.78, 5) is 4.33. The normalized spacial score (nSPS) is 11.9. The van der Waals surface area contributed by atoms with Crippen LogP contribution in [0.3, 0.4) is 0 Å². The highest BCUT2D eigenvalue weighted by molar-refractivity contribution is 5.79. The fourth-order valence-corrected chi connectivity index (χ4v) is 3.62. The topological polar surface area (TPSA) is 80.3 Å². The Balaban J connectivity index is 1.62. The number of aromatic nitrogens is 3. The maximum atomic E-state index is 5.49. The lowest BCUT2D eigenvalue weighted by Gasteiger charge is -2.14. The van der Waals surface area contributed by atoms with Gasteiger partial charge in [-0.2, -0.15) is 5.10 Å². The van der Waals surface area contributed by atoms with E-state index in [1.54, 1.807) is 7.05 Å². The van der Waals surface area contributed by atoms with Crippen LogP contribution in [0.15, 0.2) is 45.9 Å². The minimum atomic E-state index is 0.450. The van der Waals surface area contributed by atoms with Crippen LogP contribution < -0.4 is 10.6 Å². The third-order valence-electron chi connectivity index (χ3n) is 5.31. The first-order chi connectivity index (χ1) is 14.5. The van der Waals surface area contributed by atoms with Gasteiger partial charge in [-0.1, -0.05) is 37.2 Å². The van der Waals surface area contributed by atoms with Crippen LogP contribution in [0.2, 0.25) is 0 Å². The molecule has 7 heteroatoms. The number of aliphatic imine (C=N–C) groups is 1. The van der Waals surface area contributed by atoms with E-state index < -0.39 is 0 Å². The molecular weight excluding hydrogens is 376 g/mol. The summed E-state index contributed by atoms with van der Waals surface area (Å²) in [7, 11) is 1.76. The highest BCUT2D eigenvalue weighted by Crippen LogP contribution is 2.22. The molecule has 2 heterocycles. The lowest BCUT2D eigenvalue weighted by atomic mass is 9.99. The van der Waals surface area contributed by atoms with Crippen LogP contribution in [-0.2, 0) is 13.1 Å². The number of aryl methyl sites for hydroxylation is 2. The second-order valence-electron chi connectivity index (χ2n) is 7.48. The molecule has 0 unspecified atom stereocenters. The first-order valence-corrected chi connectivity index (χ1v) is 10.6. The minimum Gasteiger partial charge on any atom is -0.359 e. The molecule has 0 atom stereocenters. The average Bonchev–Trinajstić information content (AvgIpc) is 3.35. The SMILES string of the molecule is CCC(CC)c1cc(CNC(=NC)NCc2ccccc2-n2nc(C)cc2C)on1. The molecule has 7 nitrogen and oxygen atoms in total. The van der Waals surface area contributed by atoms with Gasteiger partial charge in [-0.25, -0.2) is 4.68 Å². The van der Waals surface area contributed by atoms with Crippen molar-refractivity contribution in [1.82, 2.24) is 25.6 Å². The average molecular weight is 409 g/mol. The molecule has 0 fully saturated rings. The summed E-state index contributed by atoms with van der Waals surface area (Å²) >= 11 is 0. The third kappa shape index (κ3) is 5.09. The molecule has 30 heavy (non-hydrogen) atoms. The van der Waals surface area contributed by atoms with E-state index in [9.17, 15) is 0 Å². The Kier molecular flexibility index (Phi) is 7.27. The van der Waals surface area contributed by atoms with Gasteiger partial charge >= 0.3 is 0 Å². The molecule has 0 amide bonds. The van der Waals surface area contributed by atoms with E-state index in [0.29, 0.717) is 25.0 Å². The van der Waals surface area contributed by atoms with Crippen LogP contribution in [0.5, 0.6) is 0 Å². The first kappa shape index (κ1) is 21.6. The zero-order valence-electron chi connectivity index (χ0n) is 18.6. The number of rotatable bonds is 8. The Labute approximate surface area is 178 Å².